The number of nitrogens with one attached hydrogen (secondary N) is 1. The van der Waals surface area contributed by atoms with E-state index in [0.29, 0.717) is 6.04 Å². The smallest absolute Gasteiger partial charge is 0.164 e. The Morgan fingerprint density at radius 1 is 1.21 bits per heavy atom. The zero-order valence-corrected chi connectivity index (χ0v) is 8.23. The summed E-state index contributed by atoms with van der Waals surface area (Å²) in [6.45, 7) is 4.15. The van der Waals surface area contributed by atoms with Crippen molar-refractivity contribution in [3.05, 3.63) is 24.7 Å². The summed E-state index contributed by atoms with van der Waals surface area (Å²) >= 11 is 0. The summed E-state index contributed by atoms with van der Waals surface area (Å²) in [4.78, 5) is 12.4. The molecule has 0 aromatic carbocycles. The molecule has 72 valence electrons. The summed E-state index contributed by atoms with van der Waals surface area (Å²) in [5, 5.41) is 4.22. The molecular weight excluding hydrogens is 176 g/mol. The van der Waals surface area contributed by atoms with E-state index in [1.807, 2.05) is 12.1 Å². The van der Waals surface area contributed by atoms with Crippen LogP contribution in [0.2, 0.25) is 0 Å². The third kappa shape index (κ3) is 1.64. The van der Waals surface area contributed by atoms with E-state index in [0.717, 1.165) is 16.9 Å². The topological polar surface area (TPSA) is 50.7 Å². The summed E-state index contributed by atoms with van der Waals surface area (Å²) in [6, 6.07) is 4.21. The van der Waals surface area contributed by atoms with Crippen molar-refractivity contribution in [1.82, 2.24) is 15.0 Å². The highest BCUT2D eigenvalue weighted by Crippen LogP contribution is 2.16. The summed E-state index contributed by atoms with van der Waals surface area (Å²) in [7, 11) is 0. The minimum absolute atomic E-state index is 0.355. The van der Waals surface area contributed by atoms with E-state index in [4.69, 9.17) is 0 Å². The van der Waals surface area contributed by atoms with Crippen LogP contribution in [0, 0.1) is 0 Å². The van der Waals surface area contributed by atoms with Gasteiger partial charge >= 0.3 is 0 Å². The van der Waals surface area contributed by atoms with Gasteiger partial charge in [-0.25, -0.2) is 15.0 Å². The highest BCUT2D eigenvalue weighted by atomic mass is 15.0. The van der Waals surface area contributed by atoms with Crippen LogP contribution in [0.3, 0.4) is 0 Å². The fraction of sp³-hybridized carbons (Fsp3) is 0.300. The molecule has 0 bridgehead atoms. The van der Waals surface area contributed by atoms with Gasteiger partial charge in [0.05, 0.1) is 5.39 Å². The Morgan fingerprint density at radius 3 is 2.86 bits per heavy atom. The largest absolute Gasteiger partial charge is 0.367 e. The molecule has 0 atom stereocenters. The van der Waals surface area contributed by atoms with Crippen LogP contribution in [0.15, 0.2) is 24.7 Å². The predicted molar refractivity (Wildman–Crippen MR) is 56.1 cm³/mol. The number of hydrogen-bond donors (Lipinski definition) is 1. The van der Waals surface area contributed by atoms with Crippen molar-refractivity contribution in [1.29, 1.82) is 0 Å². The molecule has 2 aromatic heterocycles. The van der Waals surface area contributed by atoms with Gasteiger partial charge in [-0.15, -0.1) is 0 Å². The van der Waals surface area contributed by atoms with Gasteiger partial charge in [-0.05, 0) is 26.0 Å². The molecule has 4 nitrogen and oxygen atoms in total. The van der Waals surface area contributed by atoms with Crippen molar-refractivity contribution >= 4 is 16.9 Å². The lowest BCUT2D eigenvalue weighted by Crippen LogP contribution is -2.11. The standard InChI is InChI=1S/C10H12N4/c1-7(2)14-10-8-4-3-5-11-9(8)12-6-13-10/h3-7H,1-2H3,(H,11,12,13,14). The number of nitrogens with zero attached hydrogens (tertiary/aromatic N) is 3. The van der Waals surface area contributed by atoms with Gasteiger partial charge in [-0.3, -0.25) is 0 Å². The second-order valence-electron chi connectivity index (χ2n) is 3.40. The van der Waals surface area contributed by atoms with E-state index in [-0.39, 0.29) is 0 Å². The minimum atomic E-state index is 0.355. The molecule has 14 heavy (non-hydrogen) atoms. The van der Waals surface area contributed by atoms with Gasteiger partial charge in [0.1, 0.15) is 12.1 Å². The van der Waals surface area contributed by atoms with E-state index in [2.05, 4.69) is 34.1 Å². The molecule has 0 saturated carbocycles. The lowest BCUT2D eigenvalue weighted by Gasteiger charge is -2.09. The van der Waals surface area contributed by atoms with Gasteiger partial charge in [0.15, 0.2) is 5.65 Å². The molecule has 0 saturated heterocycles. The van der Waals surface area contributed by atoms with Crippen molar-refractivity contribution in [3.8, 4) is 0 Å². The van der Waals surface area contributed by atoms with Crippen molar-refractivity contribution in [2.24, 2.45) is 0 Å². The number of aromatic nitrogens is 3. The molecule has 0 aliphatic heterocycles. The second kappa shape index (κ2) is 3.57. The number of fused-ring (bicyclic) bond motifs is 1. The van der Waals surface area contributed by atoms with E-state index >= 15 is 0 Å². The normalized spacial score (nSPS) is 10.8. The number of hydrogen-bond acceptors (Lipinski definition) is 4. The zero-order chi connectivity index (χ0) is 9.97. The Morgan fingerprint density at radius 2 is 2.07 bits per heavy atom. The quantitative estimate of drug-likeness (QED) is 0.781. The van der Waals surface area contributed by atoms with Gasteiger partial charge in [-0.1, -0.05) is 0 Å². The van der Waals surface area contributed by atoms with Crippen molar-refractivity contribution in [2.45, 2.75) is 19.9 Å². The maximum Gasteiger partial charge on any atom is 0.164 e. The first-order chi connectivity index (χ1) is 6.77. The Kier molecular flexibility index (Phi) is 2.26. The molecule has 0 spiro atoms. The Bertz CT molecular complexity index is 434. The van der Waals surface area contributed by atoms with Crippen LogP contribution in [0.5, 0.6) is 0 Å². The summed E-state index contributed by atoms with van der Waals surface area (Å²) < 4.78 is 0. The Labute approximate surface area is 82.4 Å². The number of pyridine rings is 1. The average molecular weight is 188 g/mol. The van der Waals surface area contributed by atoms with Crippen LogP contribution in [0.4, 0.5) is 5.82 Å². The molecule has 0 radical (unpaired) electrons. The Hall–Kier alpha value is -1.71. The maximum atomic E-state index is 4.18. The lowest BCUT2D eigenvalue weighted by atomic mass is 10.3. The molecule has 0 unspecified atom stereocenters. The van der Waals surface area contributed by atoms with Crippen LogP contribution < -0.4 is 5.32 Å². The van der Waals surface area contributed by atoms with Gasteiger partial charge in [0, 0.05) is 12.2 Å². The SMILES string of the molecule is CC(C)Nc1ncnc2ncccc12. The van der Waals surface area contributed by atoms with Crippen LogP contribution in [-0.4, -0.2) is 21.0 Å². The first kappa shape index (κ1) is 8.87. The highest BCUT2D eigenvalue weighted by molar-refractivity contribution is 5.85. The highest BCUT2D eigenvalue weighted by Gasteiger charge is 2.03. The van der Waals surface area contributed by atoms with Crippen LogP contribution in [0.1, 0.15) is 13.8 Å². The number of rotatable bonds is 2. The predicted octanol–water partition coefficient (Wildman–Crippen LogP) is 1.85. The molecular formula is C10H12N4. The fourth-order valence-electron chi connectivity index (χ4n) is 1.28. The monoisotopic (exact) mass is 188 g/mol. The molecule has 4 heteroatoms. The molecule has 0 fully saturated rings. The van der Waals surface area contributed by atoms with Gasteiger partial charge in [0.25, 0.3) is 0 Å². The summed E-state index contributed by atoms with van der Waals surface area (Å²) in [5.74, 6) is 0.845. The summed E-state index contributed by atoms with van der Waals surface area (Å²) in [5.41, 5.74) is 0.727. The van der Waals surface area contributed by atoms with Crippen molar-refractivity contribution in [2.75, 3.05) is 5.32 Å². The average Bonchev–Trinajstić information content (AvgIpc) is 2.18. The lowest BCUT2D eigenvalue weighted by molar-refractivity contribution is 0.890. The zero-order valence-electron chi connectivity index (χ0n) is 8.23. The molecule has 0 amide bonds. The van der Waals surface area contributed by atoms with Gasteiger partial charge in [0.2, 0.25) is 0 Å². The third-order valence-electron chi connectivity index (χ3n) is 1.83. The fourth-order valence-corrected chi connectivity index (χ4v) is 1.28. The van der Waals surface area contributed by atoms with Crippen LogP contribution in [0.25, 0.3) is 11.0 Å². The van der Waals surface area contributed by atoms with E-state index in [1.54, 1.807) is 6.20 Å². The number of anilines is 1. The van der Waals surface area contributed by atoms with E-state index in [9.17, 15) is 0 Å². The first-order valence-electron chi connectivity index (χ1n) is 4.59. The molecule has 2 aromatic rings. The van der Waals surface area contributed by atoms with Crippen LogP contribution in [-0.2, 0) is 0 Å². The second-order valence-corrected chi connectivity index (χ2v) is 3.40. The molecule has 0 aliphatic carbocycles. The third-order valence-corrected chi connectivity index (χ3v) is 1.83. The van der Waals surface area contributed by atoms with E-state index < -0.39 is 0 Å². The van der Waals surface area contributed by atoms with Gasteiger partial charge in [-0.2, -0.15) is 0 Å². The van der Waals surface area contributed by atoms with Crippen molar-refractivity contribution < 1.29 is 0 Å². The molecule has 1 N–H and O–H groups in total. The van der Waals surface area contributed by atoms with Crippen LogP contribution >= 0.6 is 0 Å². The van der Waals surface area contributed by atoms with Crippen molar-refractivity contribution in [3.63, 3.8) is 0 Å². The molecule has 0 aliphatic rings. The molecule has 2 heterocycles. The Balaban J connectivity index is 2.53. The maximum absolute atomic E-state index is 4.18. The minimum Gasteiger partial charge on any atom is -0.367 e. The summed E-state index contributed by atoms with van der Waals surface area (Å²) in [6.07, 6.45) is 3.26. The van der Waals surface area contributed by atoms with E-state index in [1.165, 1.54) is 6.33 Å². The first-order valence-corrected chi connectivity index (χ1v) is 4.59. The van der Waals surface area contributed by atoms with Gasteiger partial charge < -0.3 is 5.32 Å². The molecule has 2 rings (SSSR count).